The normalized spacial score (nSPS) is 18.6. The van der Waals surface area contributed by atoms with Gasteiger partial charge < -0.3 is 16.0 Å². The molecule has 6 heteroatoms. The average Bonchev–Trinajstić information content (AvgIpc) is 2.52. The largest absolute Gasteiger partial charge is 0.370 e. The molecule has 0 aromatic carbocycles. The summed E-state index contributed by atoms with van der Waals surface area (Å²) in [6, 6.07) is 1.83. The Hall–Kier alpha value is -2.11. The number of hydrogen-bond acceptors (Lipinski definition) is 4. The van der Waals surface area contributed by atoms with Crippen LogP contribution in [0.1, 0.15) is 44.0 Å². The monoisotopic (exact) mass is 318 g/mol. The number of nitrogens with zero attached hydrogens (tertiary/aromatic N) is 2. The van der Waals surface area contributed by atoms with Gasteiger partial charge in [0, 0.05) is 37.4 Å². The van der Waals surface area contributed by atoms with Gasteiger partial charge in [0.25, 0.3) is 5.91 Å². The Balaban J connectivity index is 2.02. The summed E-state index contributed by atoms with van der Waals surface area (Å²) in [7, 11) is 0. The van der Waals surface area contributed by atoms with Crippen molar-refractivity contribution >= 4 is 17.5 Å². The van der Waals surface area contributed by atoms with Crippen molar-refractivity contribution in [3.63, 3.8) is 0 Å². The van der Waals surface area contributed by atoms with Crippen molar-refractivity contribution in [1.29, 1.82) is 0 Å². The van der Waals surface area contributed by atoms with Gasteiger partial charge in [-0.25, -0.2) is 0 Å². The molecule has 2 rings (SSSR count). The molecule has 1 unspecified atom stereocenters. The van der Waals surface area contributed by atoms with Gasteiger partial charge in [0.05, 0.1) is 11.3 Å². The predicted molar refractivity (Wildman–Crippen MR) is 90.2 cm³/mol. The maximum atomic E-state index is 12.0. The summed E-state index contributed by atoms with van der Waals surface area (Å²) in [6.45, 7) is 8.06. The lowest BCUT2D eigenvalue weighted by atomic mass is 9.93. The molecular weight excluding hydrogens is 292 g/mol. The number of primary amides is 1. The highest BCUT2D eigenvalue weighted by molar-refractivity contribution is 5.98. The van der Waals surface area contributed by atoms with E-state index in [2.05, 4.69) is 15.2 Å². The van der Waals surface area contributed by atoms with Crippen molar-refractivity contribution in [3.05, 3.63) is 24.0 Å². The topological polar surface area (TPSA) is 88.3 Å². The fourth-order valence-electron chi connectivity index (χ4n) is 2.81. The summed E-state index contributed by atoms with van der Waals surface area (Å²) in [5.74, 6) is -0.0310. The van der Waals surface area contributed by atoms with Crippen LogP contribution in [0.4, 0.5) is 5.69 Å². The van der Waals surface area contributed by atoms with Crippen LogP contribution in [0.15, 0.2) is 18.5 Å². The number of nitrogens with one attached hydrogen (secondary N) is 1. The van der Waals surface area contributed by atoms with Gasteiger partial charge in [-0.1, -0.05) is 20.8 Å². The van der Waals surface area contributed by atoms with Gasteiger partial charge in [0.1, 0.15) is 0 Å². The molecule has 6 nitrogen and oxygen atoms in total. The van der Waals surface area contributed by atoms with E-state index in [9.17, 15) is 9.59 Å². The molecule has 1 aromatic rings. The lowest BCUT2D eigenvalue weighted by Gasteiger charge is -2.35. The molecule has 126 valence electrons. The molecule has 0 spiro atoms. The van der Waals surface area contributed by atoms with Gasteiger partial charge >= 0.3 is 0 Å². The maximum absolute atomic E-state index is 12.0. The van der Waals surface area contributed by atoms with Gasteiger partial charge in [-0.2, -0.15) is 0 Å². The Morgan fingerprint density at radius 2 is 2.17 bits per heavy atom. The van der Waals surface area contributed by atoms with Crippen molar-refractivity contribution in [2.24, 2.45) is 17.1 Å². The summed E-state index contributed by atoms with van der Waals surface area (Å²) < 4.78 is 0. The van der Waals surface area contributed by atoms with Crippen LogP contribution in [-0.4, -0.2) is 36.4 Å². The lowest BCUT2D eigenvalue weighted by molar-refractivity contribution is -0.128. The highest BCUT2D eigenvalue weighted by atomic mass is 16.2. The summed E-state index contributed by atoms with van der Waals surface area (Å²) >= 11 is 0. The van der Waals surface area contributed by atoms with E-state index >= 15 is 0 Å². The molecule has 3 N–H and O–H groups in total. The molecule has 0 radical (unpaired) electrons. The highest BCUT2D eigenvalue weighted by Crippen LogP contribution is 2.25. The van der Waals surface area contributed by atoms with Gasteiger partial charge in [-0.3, -0.25) is 14.6 Å². The Bertz CT molecular complexity index is 580. The zero-order chi connectivity index (χ0) is 17.0. The maximum Gasteiger partial charge on any atom is 0.252 e. The van der Waals surface area contributed by atoms with Gasteiger partial charge in [-0.05, 0) is 24.8 Å². The minimum atomic E-state index is -0.462. The summed E-state index contributed by atoms with van der Waals surface area (Å²) in [5.41, 5.74) is 6.35. The first kappa shape index (κ1) is 17.2. The van der Waals surface area contributed by atoms with Crippen LogP contribution >= 0.6 is 0 Å². The van der Waals surface area contributed by atoms with E-state index in [0.717, 1.165) is 31.6 Å². The van der Waals surface area contributed by atoms with Crippen LogP contribution in [0.3, 0.4) is 0 Å². The molecule has 1 atom stereocenters. The van der Waals surface area contributed by atoms with Crippen LogP contribution in [0.2, 0.25) is 0 Å². The van der Waals surface area contributed by atoms with Crippen LogP contribution in [-0.2, 0) is 4.79 Å². The average molecular weight is 318 g/mol. The fraction of sp³-hybridized carbons (Fsp3) is 0.588. The summed E-state index contributed by atoms with van der Waals surface area (Å²) in [4.78, 5) is 29.7. The number of aromatic nitrogens is 1. The first-order valence-electron chi connectivity index (χ1n) is 8.06. The predicted octanol–water partition coefficient (Wildman–Crippen LogP) is 1.56. The zero-order valence-corrected chi connectivity index (χ0v) is 14.1. The number of pyridine rings is 1. The Morgan fingerprint density at radius 1 is 1.43 bits per heavy atom. The van der Waals surface area contributed by atoms with Crippen LogP contribution in [0, 0.1) is 11.3 Å². The van der Waals surface area contributed by atoms with Crippen molar-refractivity contribution in [2.45, 2.75) is 33.6 Å². The van der Waals surface area contributed by atoms with E-state index in [1.54, 1.807) is 6.20 Å². The Morgan fingerprint density at radius 3 is 2.83 bits per heavy atom. The number of rotatable bonds is 4. The summed E-state index contributed by atoms with van der Waals surface area (Å²) in [6.07, 6.45) is 5.28. The molecule has 1 fully saturated rings. The minimum absolute atomic E-state index is 0.0661. The number of carbonyl (C=O) groups is 2. The second kappa shape index (κ2) is 6.98. The molecule has 1 aliphatic heterocycles. The molecule has 0 bridgehead atoms. The van der Waals surface area contributed by atoms with Crippen molar-refractivity contribution in [3.8, 4) is 0 Å². The molecule has 0 aliphatic carbocycles. The van der Waals surface area contributed by atoms with E-state index in [0.29, 0.717) is 18.0 Å². The third-order valence-corrected chi connectivity index (χ3v) is 4.16. The lowest BCUT2D eigenvalue weighted by Crippen LogP contribution is -2.44. The van der Waals surface area contributed by atoms with Crippen molar-refractivity contribution in [1.82, 2.24) is 10.3 Å². The molecular formula is C17H26N4O2. The summed E-state index contributed by atoms with van der Waals surface area (Å²) in [5, 5.41) is 3.03. The standard InChI is InChI=1S/C17H26N4O2/c1-17(2,3)16(23)20-9-12-5-4-8-21(11-12)14-6-7-19-10-13(14)15(18)22/h6-7,10,12H,4-5,8-9,11H2,1-3H3,(H2,18,22)(H,20,23). The number of piperidine rings is 1. The molecule has 1 aliphatic rings. The second-order valence-corrected chi connectivity index (χ2v) is 7.17. The molecule has 23 heavy (non-hydrogen) atoms. The quantitative estimate of drug-likeness (QED) is 0.882. The first-order valence-corrected chi connectivity index (χ1v) is 8.06. The van der Waals surface area contributed by atoms with E-state index in [4.69, 9.17) is 5.73 Å². The number of anilines is 1. The Labute approximate surface area is 137 Å². The van der Waals surface area contributed by atoms with Gasteiger partial charge in [0.2, 0.25) is 5.91 Å². The van der Waals surface area contributed by atoms with Crippen molar-refractivity contribution in [2.75, 3.05) is 24.5 Å². The van der Waals surface area contributed by atoms with E-state index < -0.39 is 5.91 Å². The SMILES string of the molecule is CC(C)(C)C(=O)NCC1CCCN(c2ccncc2C(N)=O)C1. The van der Waals surface area contributed by atoms with E-state index in [-0.39, 0.29) is 11.3 Å². The molecule has 1 saturated heterocycles. The van der Waals surface area contributed by atoms with Crippen molar-refractivity contribution < 1.29 is 9.59 Å². The van der Waals surface area contributed by atoms with Crippen LogP contribution < -0.4 is 16.0 Å². The third kappa shape index (κ3) is 4.43. The van der Waals surface area contributed by atoms with Gasteiger partial charge in [0.15, 0.2) is 0 Å². The van der Waals surface area contributed by atoms with E-state index in [1.165, 1.54) is 6.20 Å². The number of carbonyl (C=O) groups excluding carboxylic acids is 2. The second-order valence-electron chi connectivity index (χ2n) is 7.17. The number of hydrogen-bond donors (Lipinski definition) is 2. The Kier molecular flexibility index (Phi) is 5.23. The van der Waals surface area contributed by atoms with Crippen LogP contribution in [0.5, 0.6) is 0 Å². The molecule has 2 heterocycles. The fourth-order valence-corrected chi connectivity index (χ4v) is 2.81. The van der Waals surface area contributed by atoms with Gasteiger partial charge in [-0.15, -0.1) is 0 Å². The number of nitrogens with two attached hydrogens (primary N) is 1. The number of amides is 2. The minimum Gasteiger partial charge on any atom is -0.370 e. The van der Waals surface area contributed by atoms with Crippen LogP contribution in [0.25, 0.3) is 0 Å². The molecule has 0 saturated carbocycles. The molecule has 1 aromatic heterocycles. The third-order valence-electron chi connectivity index (χ3n) is 4.16. The highest BCUT2D eigenvalue weighted by Gasteiger charge is 2.26. The van der Waals surface area contributed by atoms with E-state index in [1.807, 2.05) is 26.8 Å². The zero-order valence-electron chi connectivity index (χ0n) is 14.1. The first-order chi connectivity index (χ1) is 10.8. The molecule has 2 amide bonds. The smallest absolute Gasteiger partial charge is 0.252 e.